The van der Waals surface area contributed by atoms with E-state index in [1.54, 1.807) is 0 Å². The summed E-state index contributed by atoms with van der Waals surface area (Å²) >= 11 is 12.2. The smallest absolute Gasteiger partial charge is 0.0637 e. The van der Waals surface area contributed by atoms with Crippen LogP contribution < -0.4 is 5.32 Å². The molecule has 1 aromatic rings. The topological polar surface area (TPSA) is 12.0 Å². The monoisotopic (exact) mass is 285 g/mol. The van der Waals surface area contributed by atoms with Crippen molar-refractivity contribution in [3.8, 4) is 0 Å². The molecule has 1 aromatic carbocycles. The first-order chi connectivity index (χ1) is 8.48. The van der Waals surface area contributed by atoms with Gasteiger partial charge in [-0.2, -0.15) is 0 Å². The lowest BCUT2D eigenvalue weighted by molar-refractivity contribution is 0.198. The Labute approximate surface area is 120 Å². The largest absolute Gasteiger partial charge is 0.310 e. The van der Waals surface area contributed by atoms with Gasteiger partial charge in [-0.1, -0.05) is 55.6 Å². The van der Waals surface area contributed by atoms with Gasteiger partial charge in [0.1, 0.15) is 0 Å². The number of nitrogens with one attached hydrogen (secondary N) is 1. The second kappa shape index (κ2) is 5.81. The molecule has 0 saturated heterocycles. The van der Waals surface area contributed by atoms with Crippen LogP contribution in [0.4, 0.5) is 0 Å². The normalized spacial score (nSPS) is 23.0. The number of benzene rings is 1. The molecule has 1 fully saturated rings. The second-order valence-electron chi connectivity index (χ2n) is 6.05. The third-order valence-electron chi connectivity index (χ3n) is 3.82. The summed E-state index contributed by atoms with van der Waals surface area (Å²) in [5.74, 6) is 0. The van der Waals surface area contributed by atoms with Gasteiger partial charge in [0.15, 0.2) is 0 Å². The summed E-state index contributed by atoms with van der Waals surface area (Å²) in [4.78, 5) is 0. The van der Waals surface area contributed by atoms with Gasteiger partial charge in [-0.25, -0.2) is 0 Å². The van der Waals surface area contributed by atoms with Crippen LogP contribution in [-0.4, -0.2) is 6.04 Å². The molecule has 1 aliphatic rings. The van der Waals surface area contributed by atoms with Gasteiger partial charge < -0.3 is 5.32 Å². The molecule has 1 unspecified atom stereocenters. The average Bonchev–Trinajstić information content (AvgIpc) is 2.30. The van der Waals surface area contributed by atoms with E-state index in [1.807, 2.05) is 18.2 Å². The van der Waals surface area contributed by atoms with Crippen molar-refractivity contribution in [3.63, 3.8) is 0 Å². The summed E-state index contributed by atoms with van der Waals surface area (Å²) in [7, 11) is 0. The Hall–Kier alpha value is -0.240. The van der Waals surface area contributed by atoms with E-state index in [1.165, 1.54) is 25.7 Å². The summed E-state index contributed by atoms with van der Waals surface area (Å²) in [6.45, 7) is 5.51. The van der Waals surface area contributed by atoms with Crippen LogP contribution in [0, 0.1) is 5.41 Å². The van der Waals surface area contributed by atoms with Crippen LogP contribution in [0.3, 0.4) is 0 Å². The molecule has 1 N–H and O–H groups in total. The Morgan fingerprint density at radius 1 is 1.33 bits per heavy atom. The van der Waals surface area contributed by atoms with Gasteiger partial charge >= 0.3 is 0 Å². The fourth-order valence-electron chi connectivity index (χ4n) is 2.81. The Balaban J connectivity index is 1.93. The average molecular weight is 286 g/mol. The van der Waals surface area contributed by atoms with Crippen LogP contribution in [0.1, 0.15) is 45.1 Å². The van der Waals surface area contributed by atoms with Crippen LogP contribution in [0.5, 0.6) is 0 Å². The molecule has 1 aliphatic carbocycles. The first-order valence-electron chi connectivity index (χ1n) is 6.64. The predicted molar refractivity (Wildman–Crippen MR) is 79.3 cm³/mol. The third-order valence-corrected chi connectivity index (χ3v) is 4.68. The molecule has 18 heavy (non-hydrogen) atoms. The first-order valence-corrected chi connectivity index (χ1v) is 7.40. The molecule has 0 heterocycles. The number of rotatable bonds is 3. The molecule has 3 heteroatoms. The maximum absolute atomic E-state index is 6.20. The maximum atomic E-state index is 6.20. The van der Waals surface area contributed by atoms with Crippen LogP contribution in [0.25, 0.3) is 0 Å². The summed E-state index contributed by atoms with van der Waals surface area (Å²) in [5, 5.41) is 4.94. The highest BCUT2D eigenvalue weighted by Gasteiger charge is 2.27. The minimum Gasteiger partial charge on any atom is -0.310 e. The summed E-state index contributed by atoms with van der Waals surface area (Å²) < 4.78 is 0. The van der Waals surface area contributed by atoms with Crippen molar-refractivity contribution in [1.82, 2.24) is 5.32 Å². The van der Waals surface area contributed by atoms with E-state index in [9.17, 15) is 0 Å². The highest BCUT2D eigenvalue weighted by molar-refractivity contribution is 6.42. The molecule has 2 rings (SSSR count). The third kappa shape index (κ3) is 3.63. The molecular formula is C15H21Cl2N. The molecule has 0 aliphatic heterocycles. The minimum atomic E-state index is 0.466. The van der Waals surface area contributed by atoms with E-state index in [-0.39, 0.29) is 0 Å². The highest BCUT2D eigenvalue weighted by atomic mass is 35.5. The van der Waals surface area contributed by atoms with Gasteiger partial charge in [0.2, 0.25) is 0 Å². The molecular weight excluding hydrogens is 265 g/mol. The van der Waals surface area contributed by atoms with Crippen LogP contribution in [0.2, 0.25) is 10.0 Å². The fraction of sp³-hybridized carbons (Fsp3) is 0.600. The Morgan fingerprint density at radius 3 is 2.83 bits per heavy atom. The lowest BCUT2D eigenvalue weighted by Gasteiger charge is -2.35. The zero-order valence-electron chi connectivity index (χ0n) is 11.1. The zero-order chi connectivity index (χ0) is 13.2. The van der Waals surface area contributed by atoms with Crippen LogP contribution in [0.15, 0.2) is 18.2 Å². The lowest BCUT2D eigenvalue weighted by Crippen LogP contribution is -2.36. The van der Waals surface area contributed by atoms with E-state index < -0.39 is 0 Å². The van der Waals surface area contributed by atoms with E-state index in [0.29, 0.717) is 21.5 Å². The molecule has 0 amide bonds. The zero-order valence-corrected chi connectivity index (χ0v) is 12.6. The summed E-state index contributed by atoms with van der Waals surface area (Å²) in [5.41, 5.74) is 1.56. The quantitative estimate of drug-likeness (QED) is 0.819. The molecule has 100 valence electrons. The predicted octanol–water partition coefficient (Wildman–Crippen LogP) is 5.05. The molecule has 1 saturated carbocycles. The Kier molecular flexibility index (Phi) is 4.58. The van der Waals surface area contributed by atoms with Gasteiger partial charge in [0.05, 0.1) is 10.0 Å². The molecule has 0 bridgehead atoms. The van der Waals surface area contributed by atoms with Crippen molar-refractivity contribution >= 4 is 23.2 Å². The number of hydrogen-bond acceptors (Lipinski definition) is 1. The highest BCUT2D eigenvalue weighted by Crippen LogP contribution is 2.35. The standard InChI is InChI=1S/C15H21Cl2N/c1-15(2)8-4-6-12(9-15)18-10-11-5-3-7-13(16)14(11)17/h3,5,7,12,18H,4,6,8-10H2,1-2H3. The van der Waals surface area contributed by atoms with Gasteiger partial charge in [0.25, 0.3) is 0 Å². The van der Waals surface area contributed by atoms with Gasteiger partial charge in [0, 0.05) is 12.6 Å². The number of halogens is 2. The van der Waals surface area contributed by atoms with Crippen molar-refractivity contribution in [2.45, 2.75) is 52.1 Å². The van der Waals surface area contributed by atoms with E-state index >= 15 is 0 Å². The fourth-order valence-corrected chi connectivity index (χ4v) is 3.20. The lowest BCUT2D eigenvalue weighted by atomic mass is 9.75. The van der Waals surface area contributed by atoms with Crippen molar-refractivity contribution in [2.75, 3.05) is 0 Å². The molecule has 1 atom stereocenters. The van der Waals surface area contributed by atoms with Crippen molar-refractivity contribution in [1.29, 1.82) is 0 Å². The van der Waals surface area contributed by atoms with Crippen LogP contribution >= 0.6 is 23.2 Å². The SMILES string of the molecule is CC1(C)CCCC(NCc2cccc(Cl)c2Cl)C1. The van der Waals surface area contributed by atoms with Gasteiger partial charge in [-0.3, -0.25) is 0 Å². The van der Waals surface area contributed by atoms with Gasteiger partial charge in [-0.15, -0.1) is 0 Å². The Bertz CT molecular complexity index is 415. The Morgan fingerprint density at radius 2 is 2.11 bits per heavy atom. The molecule has 0 aromatic heterocycles. The van der Waals surface area contributed by atoms with Gasteiger partial charge in [-0.05, 0) is 36.3 Å². The van der Waals surface area contributed by atoms with E-state index in [4.69, 9.17) is 23.2 Å². The van der Waals surface area contributed by atoms with Crippen LogP contribution in [-0.2, 0) is 6.54 Å². The second-order valence-corrected chi connectivity index (χ2v) is 6.84. The van der Waals surface area contributed by atoms with E-state index in [2.05, 4.69) is 19.2 Å². The van der Waals surface area contributed by atoms with Crippen molar-refractivity contribution in [2.24, 2.45) is 5.41 Å². The number of hydrogen-bond donors (Lipinski definition) is 1. The maximum Gasteiger partial charge on any atom is 0.0637 e. The molecule has 0 radical (unpaired) electrons. The minimum absolute atomic E-state index is 0.466. The molecule has 0 spiro atoms. The summed E-state index contributed by atoms with van der Waals surface area (Å²) in [6, 6.07) is 6.42. The summed E-state index contributed by atoms with van der Waals surface area (Å²) in [6.07, 6.45) is 5.16. The first kappa shape index (κ1) is 14.2. The van der Waals surface area contributed by atoms with Crippen molar-refractivity contribution < 1.29 is 0 Å². The molecule has 1 nitrogen and oxygen atoms in total. The van der Waals surface area contributed by atoms with E-state index in [0.717, 1.165) is 12.1 Å². The van der Waals surface area contributed by atoms with Crippen molar-refractivity contribution in [3.05, 3.63) is 33.8 Å².